The molecule has 2 aromatic carbocycles. The zero-order valence-electron chi connectivity index (χ0n) is 19.3. The number of carbonyl (C=O) groups is 2. The highest BCUT2D eigenvalue weighted by molar-refractivity contribution is 7.10. The molecule has 1 aliphatic rings. The summed E-state index contributed by atoms with van der Waals surface area (Å²) in [6, 6.07) is 13.5. The maximum Gasteiger partial charge on any atom is 0.295 e. The Morgan fingerprint density at radius 3 is 2.29 bits per heavy atom. The Morgan fingerprint density at radius 2 is 1.68 bits per heavy atom. The van der Waals surface area contributed by atoms with Crippen molar-refractivity contribution < 1.29 is 28.9 Å². The van der Waals surface area contributed by atoms with E-state index in [1.165, 1.54) is 23.3 Å². The van der Waals surface area contributed by atoms with Gasteiger partial charge >= 0.3 is 0 Å². The second-order valence-corrected chi connectivity index (χ2v) is 8.80. The van der Waals surface area contributed by atoms with Crippen molar-refractivity contribution in [2.45, 2.75) is 19.5 Å². The van der Waals surface area contributed by atoms with Crippen molar-refractivity contribution >= 4 is 28.8 Å². The lowest BCUT2D eigenvalue weighted by molar-refractivity contribution is -0.140. The van der Waals surface area contributed by atoms with Crippen molar-refractivity contribution in [3.63, 3.8) is 0 Å². The highest BCUT2D eigenvalue weighted by atomic mass is 32.1. The number of carbonyl (C=O) groups excluding carboxylic acids is 2. The number of methoxy groups -OCH3 is 3. The Morgan fingerprint density at radius 1 is 0.971 bits per heavy atom. The summed E-state index contributed by atoms with van der Waals surface area (Å²) < 4.78 is 16.0. The molecule has 1 N–H and O–H groups in total. The summed E-state index contributed by atoms with van der Waals surface area (Å²) in [6.07, 6.45) is 0. The summed E-state index contributed by atoms with van der Waals surface area (Å²) >= 11 is 1.42. The summed E-state index contributed by atoms with van der Waals surface area (Å²) in [6.45, 7) is 2.01. The SMILES string of the molecule is COc1ccc(/C(O)=C2/C(=O)C(=O)N(Cc3ccc(OC)c(OC)c3)C2c2cccs2)cc1C. The number of rotatable bonds is 7. The quantitative estimate of drug-likeness (QED) is 0.300. The maximum absolute atomic E-state index is 13.2. The van der Waals surface area contributed by atoms with Crippen LogP contribution < -0.4 is 14.2 Å². The van der Waals surface area contributed by atoms with Gasteiger partial charge in [-0.25, -0.2) is 0 Å². The third kappa shape index (κ3) is 4.12. The van der Waals surface area contributed by atoms with E-state index in [1.807, 2.05) is 30.5 Å². The molecule has 0 bridgehead atoms. The van der Waals surface area contributed by atoms with Crippen LogP contribution in [0.1, 0.15) is 27.6 Å². The molecule has 176 valence electrons. The number of ether oxygens (including phenoxy) is 3. The Balaban J connectivity index is 1.80. The van der Waals surface area contributed by atoms with Crippen molar-refractivity contribution in [1.29, 1.82) is 0 Å². The van der Waals surface area contributed by atoms with E-state index < -0.39 is 17.7 Å². The van der Waals surface area contributed by atoms with Crippen LogP contribution >= 0.6 is 11.3 Å². The van der Waals surface area contributed by atoms with Gasteiger partial charge in [0.15, 0.2) is 11.5 Å². The molecule has 1 saturated heterocycles. The minimum Gasteiger partial charge on any atom is -0.507 e. The molecule has 1 atom stereocenters. The predicted molar refractivity (Wildman–Crippen MR) is 129 cm³/mol. The first-order chi connectivity index (χ1) is 16.4. The minimum absolute atomic E-state index is 0.0671. The van der Waals surface area contributed by atoms with Gasteiger partial charge in [0.25, 0.3) is 11.7 Å². The largest absolute Gasteiger partial charge is 0.507 e. The van der Waals surface area contributed by atoms with E-state index >= 15 is 0 Å². The molecular formula is C26H25NO6S. The smallest absolute Gasteiger partial charge is 0.295 e. The molecule has 1 aliphatic heterocycles. The van der Waals surface area contributed by atoms with Gasteiger partial charge in [-0.2, -0.15) is 0 Å². The summed E-state index contributed by atoms with van der Waals surface area (Å²) in [5.74, 6) is 0.165. The van der Waals surface area contributed by atoms with Crippen LogP contribution in [-0.2, 0) is 16.1 Å². The van der Waals surface area contributed by atoms with Crippen molar-refractivity contribution in [2.24, 2.45) is 0 Å². The molecule has 1 fully saturated rings. The number of hydrogen-bond donors (Lipinski definition) is 1. The second kappa shape index (κ2) is 9.61. The van der Waals surface area contributed by atoms with Crippen LogP contribution in [0.3, 0.4) is 0 Å². The summed E-state index contributed by atoms with van der Waals surface area (Å²) in [4.78, 5) is 28.6. The number of amides is 1. The molecule has 0 aliphatic carbocycles. The predicted octanol–water partition coefficient (Wildman–Crippen LogP) is 4.70. The topological polar surface area (TPSA) is 85.3 Å². The van der Waals surface area contributed by atoms with E-state index in [9.17, 15) is 14.7 Å². The maximum atomic E-state index is 13.2. The molecule has 1 amide bonds. The van der Waals surface area contributed by atoms with Crippen LogP contribution in [-0.4, -0.2) is 43.0 Å². The summed E-state index contributed by atoms with van der Waals surface area (Å²) in [5, 5.41) is 13.1. The molecule has 2 heterocycles. The van der Waals surface area contributed by atoms with E-state index in [0.717, 1.165) is 16.0 Å². The number of benzene rings is 2. The average Bonchev–Trinajstić information content (AvgIpc) is 3.46. The van der Waals surface area contributed by atoms with E-state index in [1.54, 1.807) is 44.6 Å². The van der Waals surface area contributed by atoms with Gasteiger partial charge in [-0.3, -0.25) is 9.59 Å². The molecule has 4 rings (SSSR count). The van der Waals surface area contributed by atoms with E-state index in [2.05, 4.69) is 0 Å². The normalized spacial score (nSPS) is 17.2. The molecule has 1 unspecified atom stereocenters. The fourth-order valence-electron chi connectivity index (χ4n) is 4.14. The van der Waals surface area contributed by atoms with Gasteiger partial charge in [-0.1, -0.05) is 12.1 Å². The number of hydrogen-bond acceptors (Lipinski definition) is 7. The van der Waals surface area contributed by atoms with Gasteiger partial charge in [0.2, 0.25) is 0 Å². The lowest BCUT2D eigenvalue weighted by atomic mass is 9.98. The molecule has 0 spiro atoms. The number of aliphatic hydroxyl groups is 1. The van der Waals surface area contributed by atoms with Gasteiger partial charge in [0, 0.05) is 17.0 Å². The Hall–Kier alpha value is -3.78. The Kier molecular flexibility index (Phi) is 6.61. The number of ketones is 1. The van der Waals surface area contributed by atoms with Gasteiger partial charge in [0.05, 0.1) is 32.9 Å². The number of thiophene rings is 1. The molecule has 0 radical (unpaired) electrons. The monoisotopic (exact) mass is 479 g/mol. The lowest BCUT2D eigenvalue weighted by Gasteiger charge is -2.24. The third-order valence-corrected chi connectivity index (χ3v) is 6.75. The number of likely N-dealkylation sites (tertiary alicyclic amines) is 1. The van der Waals surface area contributed by atoms with Crippen LogP contribution in [0, 0.1) is 6.92 Å². The highest BCUT2D eigenvalue weighted by Crippen LogP contribution is 2.42. The molecule has 7 nitrogen and oxygen atoms in total. The standard InChI is InChI=1S/C26H25NO6S/c1-15-12-17(8-10-18(15)31-2)24(28)22-23(21-6-5-11-34-21)27(26(30)25(22)29)14-16-7-9-19(32-3)20(13-16)33-4/h5-13,23,28H,14H2,1-4H3/b24-22-. The van der Waals surface area contributed by atoms with E-state index in [-0.39, 0.29) is 17.9 Å². The fraction of sp³-hybridized carbons (Fsp3) is 0.231. The van der Waals surface area contributed by atoms with Crippen molar-refractivity contribution in [1.82, 2.24) is 4.90 Å². The highest BCUT2D eigenvalue weighted by Gasteiger charge is 2.46. The van der Waals surface area contributed by atoms with Crippen molar-refractivity contribution in [2.75, 3.05) is 21.3 Å². The van der Waals surface area contributed by atoms with E-state index in [0.29, 0.717) is 22.8 Å². The minimum atomic E-state index is -0.718. The van der Waals surface area contributed by atoms with Crippen LogP contribution in [0.25, 0.3) is 5.76 Å². The average molecular weight is 480 g/mol. The third-order valence-electron chi connectivity index (χ3n) is 5.82. The molecule has 8 heteroatoms. The van der Waals surface area contributed by atoms with Gasteiger partial charge in [0.1, 0.15) is 11.5 Å². The molecule has 3 aromatic rings. The molecule has 34 heavy (non-hydrogen) atoms. The number of Topliss-reactive ketones (excluding diaryl/α,β-unsaturated/α-hetero) is 1. The molecule has 1 aromatic heterocycles. The van der Waals surface area contributed by atoms with Gasteiger partial charge < -0.3 is 24.2 Å². The fourth-order valence-corrected chi connectivity index (χ4v) is 4.99. The number of aliphatic hydroxyl groups excluding tert-OH is 1. The van der Waals surface area contributed by atoms with Crippen molar-refractivity contribution in [3.8, 4) is 17.2 Å². The first-order valence-electron chi connectivity index (χ1n) is 10.6. The first-order valence-corrected chi connectivity index (χ1v) is 11.4. The van der Waals surface area contributed by atoms with Gasteiger partial charge in [-0.15, -0.1) is 11.3 Å². The Bertz CT molecular complexity index is 1260. The van der Waals surface area contributed by atoms with Gasteiger partial charge in [-0.05, 0) is 59.8 Å². The van der Waals surface area contributed by atoms with E-state index in [4.69, 9.17) is 14.2 Å². The second-order valence-electron chi connectivity index (χ2n) is 7.82. The zero-order chi connectivity index (χ0) is 24.4. The van der Waals surface area contributed by atoms with Crippen LogP contribution in [0.5, 0.6) is 17.2 Å². The number of nitrogens with zero attached hydrogens (tertiary/aromatic N) is 1. The summed E-state index contributed by atoms with van der Waals surface area (Å²) in [7, 11) is 4.66. The van der Waals surface area contributed by atoms with Crippen LogP contribution in [0.4, 0.5) is 0 Å². The number of aryl methyl sites for hydroxylation is 1. The lowest BCUT2D eigenvalue weighted by Crippen LogP contribution is -2.28. The van der Waals surface area contributed by atoms with Crippen molar-refractivity contribution in [3.05, 3.63) is 81.1 Å². The Labute approximate surface area is 201 Å². The first kappa shape index (κ1) is 23.4. The van der Waals surface area contributed by atoms with Crippen LogP contribution in [0.15, 0.2) is 59.5 Å². The molecule has 0 saturated carbocycles. The van der Waals surface area contributed by atoms with Crippen LogP contribution in [0.2, 0.25) is 0 Å². The summed E-state index contributed by atoms with van der Waals surface area (Å²) in [5.41, 5.74) is 2.08. The molecular weight excluding hydrogens is 454 g/mol. The zero-order valence-corrected chi connectivity index (χ0v) is 20.1.